The summed E-state index contributed by atoms with van der Waals surface area (Å²) < 4.78 is 39.6. The van der Waals surface area contributed by atoms with Gasteiger partial charge in [-0.15, -0.1) is 34.2 Å². The van der Waals surface area contributed by atoms with Crippen LogP contribution < -0.4 is 10.6 Å². The molecule has 0 bridgehead atoms. The lowest BCUT2D eigenvalue weighted by atomic mass is 9.93. The third-order valence-corrected chi connectivity index (χ3v) is 6.46. The van der Waals surface area contributed by atoms with Crippen LogP contribution in [0, 0.1) is 12.8 Å². The molecule has 1 aliphatic carbocycles. The van der Waals surface area contributed by atoms with Crippen molar-refractivity contribution in [3.8, 4) is 0 Å². The van der Waals surface area contributed by atoms with Crippen LogP contribution in [-0.4, -0.2) is 64.0 Å². The number of guanidine groups is 1. The maximum Gasteiger partial charge on any atom is 0.401 e. The van der Waals surface area contributed by atoms with Crippen LogP contribution in [0.5, 0.6) is 0 Å². The molecule has 1 saturated carbocycles. The fourth-order valence-corrected chi connectivity index (χ4v) is 4.41. The highest BCUT2D eigenvalue weighted by molar-refractivity contribution is 14.0. The molecule has 32 heavy (non-hydrogen) atoms. The van der Waals surface area contributed by atoms with Crippen LogP contribution in [0.1, 0.15) is 63.0 Å². The van der Waals surface area contributed by atoms with Gasteiger partial charge in [0.2, 0.25) is 0 Å². The van der Waals surface area contributed by atoms with Crippen LogP contribution in [0.15, 0.2) is 4.99 Å². The van der Waals surface area contributed by atoms with Gasteiger partial charge in [0.25, 0.3) is 0 Å². The van der Waals surface area contributed by atoms with Crippen LogP contribution in [0.4, 0.5) is 13.2 Å². The van der Waals surface area contributed by atoms with E-state index in [1.54, 1.807) is 0 Å². The molecule has 1 aromatic rings. The fraction of sp³-hybridized carbons (Fsp3) is 0.857. The number of piperidine rings is 1. The average molecular weight is 571 g/mol. The second kappa shape index (κ2) is 13.0. The highest BCUT2D eigenvalue weighted by Gasteiger charge is 2.32. The van der Waals surface area contributed by atoms with Crippen LogP contribution in [0.2, 0.25) is 0 Å². The highest BCUT2D eigenvalue weighted by Crippen LogP contribution is 2.24. The number of rotatable bonds is 7. The molecule has 2 aliphatic rings. The van der Waals surface area contributed by atoms with E-state index < -0.39 is 12.7 Å². The van der Waals surface area contributed by atoms with Crippen LogP contribution in [0.3, 0.4) is 0 Å². The molecule has 1 aliphatic heterocycles. The molecule has 0 unspecified atom stereocenters. The number of aryl methyl sites for hydroxylation is 1. The van der Waals surface area contributed by atoms with Crippen molar-refractivity contribution in [3.05, 3.63) is 11.6 Å². The Labute approximate surface area is 206 Å². The van der Waals surface area contributed by atoms with E-state index in [0.717, 1.165) is 56.3 Å². The van der Waals surface area contributed by atoms with Crippen LogP contribution in [0.25, 0.3) is 0 Å². The Balaban J connectivity index is 0.00000363. The number of hydrogen-bond donors (Lipinski definition) is 2. The van der Waals surface area contributed by atoms with Crippen LogP contribution >= 0.6 is 24.0 Å². The van der Waals surface area contributed by atoms with Gasteiger partial charge in [-0.3, -0.25) is 4.90 Å². The molecular weight excluding hydrogens is 534 g/mol. The van der Waals surface area contributed by atoms with Crippen molar-refractivity contribution in [2.75, 3.05) is 26.2 Å². The first kappa shape index (κ1) is 27.1. The minimum Gasteiger partial charge on any atom is -0.356 e. The Hall–Kier alpha value is -1.11. The second-order valence-electron chi connectivity index (χ2n) is 8.92. The number of aliphatic imine (C=N–C) groups is 1. The lowest BCUT2D eigenvalue weighted by Crippen LogP contribution is -2.45. The maximum atomic E-state index is 12.6. The van der Waals surface area contributed by atoms with E-state index in [-0.39, 0.29) is 24.0 Å². The smallest absolute Gasteiger partial charge is 0.356 e. The van der Waals surface area contributed by atoms with Gasteiger partial charge < -0.3 is 15.2 Å². The summed E-state index contributed by atoms with van der Waals surface area (Å²) in [6.07, 6.45) is 4.55. The lowest BCUT2D eigenvalue weighted by molar-refractivity contribution is -0.148. The van der Waals surface area contributed by atoms with E-state index in [4.69, 9.17) is 4.99 Å². The Morgan fingerprint density at radius 3 is 2.38 bits per heavy atom. The van der Waals surface area contributed by atoms with Crippen molar-refractivity contribution in [2.24, 2.45) is 18.0 Å². The van der Waals surface area contributed by atoms with Gasteiger partial charge in [0.05, 0.1) is 6.54 Å². The first-order valence-electron chi connectivity index (χ1n) is 11.5. The Bertz CT molecular complexity index is 709. The van der Waals surface area contributed by atoms with Gasteiger partial charge >= 0.3 is 6.18 Å². The van der Waals surface area contributed by atoms with E-state index in [1.807, 2.05) is 18.5 Å². The van der Waals surface area contributed by atoms with Crippen LogP contribution in [-0.2, 0) is 13.6 Å². The van der Waals surface area contributed by atoms with Crippen molar-refractivity contribution in [1.29, 1.82) is 0 Å². The molecular formula is C21H37F3IN7. The van der Waals surface area contributed by atoms with Gasteiger partial charge in [-0.1, -0.05) is 19.3 Å². The minimum atomic E-state index is -4.11. The first-order chi connectivity index (χ1) is 14.8. The van der Waals surface area contributed by atoms with Gasteiger partial charge in [-0.25, -0.2) is 4.99 Å². The van der Waals surface area contributed by atoms with E-state index in [0.29, 0.717) is 31.6 Å². The molecule has 7 nitrogen and oxygen atoms in total. The Morgan fingerprint density at radius 2 is 1.78 bits per heavy atom. The zero-order valence-electron chi connectivity index (χ0n) is 19.1. The Kier molecular flexibility index (Phi) is 11.0. The first-order valence-corrected chi connectivity index (χ1v) is 11.5. The lowest BCUT2D eigenvalue weighted by Gasteiger charge is -2.32. The largest absolute Gasteiger partial charge is 0.401 e. The summed E-state index contributed by atoms with van der Waals surface area (Å²) in [5, 5.41) is 15.3. The number of likely N-dealkylation sites (tertiary alicyclic amines) is 1. The van der Waals surface area contributed by atoms with Gasteiger partial charge in [-0.05, 0) is 58.0 Å². The summed E-state index contributed by atoms with van der Waals surface area (Å²) in [6.45, 7) is 3.39. The minimum absolute atomic E-state index is 0. The fourth-order valence-electron chi connectivity index (χ4n) is 4.41. The molecule has 0 atom stereocenters. The van der Waals surface area contributed by atoms with Gasteiger partial charge in [0, 0.05) is 19.6 Å². The van der Waals surface area contributed by atoms with Crippen molar-refractivity contribution in [3.63, 3.8) is 0 Å². The highest BCUT2D eigenvalue weighted by atomic mass is 127. The van der Waals surface area contributed by atoms with Crippen molar-refractivity contribution in [2.45, 2.75) is 77.1 Å². The molecule has 2 N–H and O–H groups in total. The molecule has 0 aromatic carbocycles. The zero-order valence-corrected chi connectivity index (χ0v) is 21.5. The summed E-state index contributed by atoms with van der Waals surface area (Å²) in [7, 11) is 1.94. The predicted molar refractivity (Wildman–Crippen MR) is 130 cm³/mol. The molecule has 2 heterocycles. The molecule has 1 saturated heterocycles. The van der Waals surface area contributed by atoms with Crippen molar-refractivity contribution >= 4 is 29.9 Å². The number of aromatic nitrogens is 3. The summed E-state index contributed by atoms with van der Waals surface area (Å²) in [5.41, 5.74) is 0. The molecule has 3 rings (SSSR count). The summed E-state index contributed by atoms with van der Waals surface area (Å²) in [4.78, 5) is 6.25. The van der Waals surface area contributed by atoms with E-state index in [1.165, 1.54) is 24.2 Å². The third-order valence-electron chi connectivity index (χ3n) is 6.46. The molecule has 2 fully saturated rings. The standard InChI is InChI=1S/C21H36F3N7.HI/c1-16-28-29-19(30(16)2)14-26-20(27-18-6-4-3-5-7-18)25-11-8-17-9-12-31(13-10-17)15-21(22,23)24;/h17-18H,3-15H2,1-2H3,(H2,25,26,27);1H. The van der Waals surface area contributed by atoms with E-state index >= 15 is 0 Å². The monoisotopic (exact) mass is 571 g/mol. The summed E-state index contributed by atoms with van der Waals surface area (Å²) >= 11 is 0. The van der Waals surface area contributed by atoms with E-state index in [2.05, 4.69) is 20.8 Å². The van der Waals surface area contributed by atoms with Crippen molar-refractivity contribution < 1.29 is 13.2 Å². The number of nitrogens with one attached hydrogen (secondary N) is 2. The molecule has 184 valence electrons. The molecule has 11 heteroatoms. The van der Waals surface area contributed by atoms with Gasteiger partial charge in [0.1, 0.15) is 12.4 Å². The normalized spacial score (nSPS) is 19.6. The maximum absolute atomic E-state index is 12.6. The summed E-state index contributed by atoms with van der Waals surface area (Å²) in [6, 6.07) is 0.437. The number of halogens is 4. The van der Waals surface area contributed by atoms with Crippen molar-refractivity contribution in [1.82, 2.24) is 30.3 Å². The third kappa shape index (κ3) is 9.03. The zero-order chi connectivity index (χ0) is 22.3. The SMILES string of the molecule is Cc1nnc(CN=C(NCCC2CCN(CC(F)(F)F)CC2)NC2CCCCC2)n1C.I. The summed E-state index contributed by atoms with van der Waals surface area (Å²) in [5.74, 6) is 2.92. The van der Waals surface area contributed by atoms with Gasteiger partial charge in [0.15, 0.2) is 11.8 Å². The topological polar surface area (TPSA) is 70.4 Å². The number of hydrogen-bond acceptors (Lipinski definition) is 4. The second-order valence-corrected chi connectivity index (χ2v) is 8.92. The predicted octanol–water partition coefficient (Wildman–Crippen LogP) is 3.77. The molecule has 1 aromatic heterocycles. The van der Waals surface area contributed by atoms with E-state index in [9.17, 15) is 13.2 Å². The Morgan fingerprint density at radius 1 is 1.09 bits per heavy atom. The van der Waals surface area contributed by atoms with Gasteiger partial charge in [-0.2, -0.15) is 13.2 Å². The number of alkyl halides is 3. The number of nitrogens with zero attached hydrogens (tertiary/aromatic N) is 5. The molecule has 0 amide bonds. The molecule has 0 spiro atoms. The quantitative estimate of drug-likeness (QED) is 0.297. The molecule has 0 radical (unpaired) electrons. The average Bonchev–Trinajstić information content (AvgIpc) is 3.05.